The Morgan fingerprint density at radius 1 is 1.16 bits per heavy atom. The van der Waals surface area contributed by atoms with Crippen LogP contribution in [0.4, 0.5) is 4.39 Å². The van der Waals surface area contributed by atoms with E-state index in [1.807, 2.05) is 6.07 Å². The lowest BCUT2D eigenvalue weighted by Crippen LogP contribution is -2.13. The molecule has 19 heavy (non-hydrogen) atoms. The van der Waals surface area contributed by atoms with Crippen molar-refractivity contribution in [3.63, 3.8) is 0 Å². The first-order valence-electron chi connectivity index (χ1n) is 6.36. The number of pyridine rings is 1. The minimum absolute atomic E-state index is 0.275. The molecule has 1 N–H and O–H groups in total. The maximum absolute atomic E-state index is 12.8. The van der Waals surface area contributed by atoms with Gasteiger partial charge in [0.1, 0.15) is 17.3 Å². The summed E-state index contributed by atoms with van der Waals surface area (Å²) < 4.78 is 18.4. The smallest absolute Gasteiger partial charge is 0.146 e. The molecule has 0 atom stereocenters. The topological polar surface area (TPSA) is 34.2 Å². The van der Waals surface area contributed by atoms with E-state index < -0.39 is 0 Å². The van der Waals surface area contributed by atoms with Crippen molar-refractivity contribution in [3.8, 4) is 11.5 Å². The van der Waals surface area contributed by atoms with Gasteiger partial charge in [0.2, 0.25) is 0 Å². The van der Waals surface area contributed by atoms with Crippen LogP contribution in [0.2, 0.25) is 0 Å². The molecule has 1 aromatic carbocycles. The normalized spacial score (nSPS) is 10.4. The third kappa shape index (κ3) is 4.34. The molecule has 0 bridgehead atoms. The molecule has 0 amide bonds. The summed E-state index contributed by atoms with van der Waals surface area (Å²) in [5.41, 5.74) is 1.06. The van der Waals surface area contributed by atoms with Crippen LogP contribution in [0.25, 0.3) is 0 Å². The Bertz CT molecular complexity index is 514. The van der Waals surface area contributed by atoms with E-state index >= 15 is 0 Å². The zero-order valence-electron chi connectivity index (χ0n) is 10.9. The number of nitrogens with one attached hydrogen (secondary N) is 1. The molecule has 0 spiro atoms. The van der Waals surface area contributed by atoms with E-state index in [0.717, 1.165) is 25.1 Å². The number of benzene rings is 1. The van der Waals surface area contributed by atoms with E-state index in [2.05, 4.69) is 17.2 Å². The second-order valence-corrected chi connectivity index (χ2v) is 4.26. The molecule has 0 unspecified atom stereocenters. The quantitative estimate of drug-likeness (QED) is 0.807. The zero-order valence-corrected chi connectivity index (χ0v) is 10.9. The minimum atomic E-state index is -0.275. The zero-order chi connectivity index (χ0) is 13.5. The number of nitrogens with zero attached hydrogens (tertiary/aromatic N) is 1. The molecule has 0 aliphatic rings. The molecule has 3 nitrogen and oxygen atoms in total. The van der Waals surface area contributed by atoms with E-state index in [-0.39, 0.29) is 5.82 Å². The average Bonchev–Trinajstić information content (AvgIpc) is 2.42. The summed E-state index contributed by atoms with van der Waals surface area (Å²) >= 11 is 0. The maximum atomic E-state index is 12.8. The van der Waals surface area contributed by atoms with E-state index in [4.69, 9.17) is 4.74 Å². The van der Waals surface area contributed by atoms with Gasteiger partial charge in [-0.1, -0.05) is 6.92 Å². The molecule has 2 aromatic rings. The first-order chi connectivity index (χ1) is 9.28. The lowest BCUT2D eigenvalue weighted by molar-refractivity contribution is 0.477. The first-order valence-corrected chi connectivity index (χ1v) is 6.36. The summed E-state index contributed by atoms with van der Waals surface area (Å²) in [4.78, 5) is 4.14. The lowest BCUT2D eigenvalue weighted by atomic mass is 10.2. The first kappa shape index (κ1) is 13.5. The second-order valence-electron chi connectivity index (χ2n) is 4.26. The van der Waals surface area contributed by atoms with Gasteiger partial charge in [0.25, 0.3) is 0 Å². The number of ether oxygens (including phenoxy) is 1. The van der Waals surface area contributed by atoms with Crippen LogP contribution in [-0.4, -0.2) is 11.5 Å². The third-order valence-corrected chi connectivity index (χ3v) is 2.58. The van der Waals surface area contributed by atoms with Gasteiger partial charge in [0, 0.05) is 12.7 Å². The lowest BCUT2D eigenvalue weighted by Gasteiger charge is -2.07. The molecule has 0 aliphatic heterocycles. The average molecular weight is 260 g/mol. The van der Waals surface area contributed by atoms with E-state index in [1.54, 1.807) is 24.5 Å². The largest absolute Gasteiger partial charge is 0.456 e. The van der Waals surface area contributed by atoms with Crippen molar-refractivity contribution in [2.24, 2.45) is 0 Å². The van der Waals surface area contributed by atoms with Crippen LogP contribution in [0.15, 0.2) is 42.7 Å². The molecule has 0 saturated heterocycles. The van der Waals surface area contributed by atoms with Gasteiger partial charge < -0.3 is 10.1 Å². The molecular formula is C15H17FN2O. The van der Waals surface area contributed by atoms with Crippen LogP contribution in [0.3, 0.4) is 0 Å². The molecule has 0 radical (unpaired) electrons. The molecule has 4 heteroatoms. The molecule has 0 fully saturated rings. The van der Waals surface area contributed by atoms with Crippen LogP contribution in [0.5, 0.6) is 11.5 Å². The number of rotatable bonds is 6. The van der Waals surface area contributed by atoms with Gasteiger partial charge in [-0.3, -0.25) is 4.98 Å². The van der Waals surface area contributed by atoms with Crippen molar-refractivity contribution in [3.05, 3.63) is 54.1 Å². The Balaban J connectivity index is 2.00. The Morgan fingerprint density at radius 2 is 1.95 bits per heavy atom. The Hall–Kier alpha value is -1.94. The highest BCUT2D eigenvalue weighted by atomic mass is 19.1. The van der Waals surface area contributed by atoms with Crippen molar-refractivity contribution in [1.82, 2.24) is 10.3 Å². The Kier molecular flexibility index (Phi) is 4.86. The van der Waals surface area contributed by atoms with Gasteiger partial charge in [-0.25, -0.2) is 4.39 Å². The van der Waals surface area contributed by atoms with Crippen molar-refractivity contribution < 1.29 is 9.13 Å². The fourth-order valence-corrected chi connectivity index (χ4v) is 1.66. The van der Waals surface area contributed by atoms with Crippen molar-refractivity contribution in [2.75, 3.05) is 6.54 Å². The molecule has 100 valence electrons. The number of hydrogen-bond acceptors (Lipinski definition) is 3. The van der Waals surface area contributed by atoms with Gasteiger partial charge in [-0.15, -0.1) is 0 Å². The van der Waals surface area contributed by atoms with E-state index in [1.165, 1.54) is 12.1 Å². The summed E-state index contributed by atoms with van der Waals surface area (Å²) in [7, 11) is 0. The number of hydrogen-bond donors (Lipinski definition) is 1. The summed E-state index contributed by atoms with van der Waals surface area (Å²) in [5, 5.41) is 3.30. The van der Waals surface area contributed by atoms with Crippen LogP contribution in [0.1, 0.15) is 18.9 Å². The standard InChI is InChI=1S/C15H17FN2O/c1-2-7-17-9-12-8-15(11-18-10-12)19-14-5-3-13(16)4-6-14/h3-6,8,10-11,17H,2,7,9H2,1H3. The maximum Gasteiger partial charge on any atom is 0.146 e. The van der Waals surface area contributed by atoms with Crippen LogP contribution in [0, 0.1) is 5.82 Å². The van der Waals surface area contributed by atoms with E-state index in [0.29, 0.717) is 11.5 Å². The van der Waals surface area contributed by atoms with Crippen LogP contribution in [-0.2, 0) is 6.54 Å². The van der Waals surface area contributed by atoms with Crippen molar-refractivity contribution >= 4 is 0 Å². The molecule has 2 rings (SSSR count). The van der Waals surface area contributed by atoms with Gasteiger partial charge in [0.05, 0.1) is 6.20 Å². The second kappa shape index (κ2) is 6.85. The minimum Gasteiger partial charge on any atom is -0.456 e. The monoisotopic (exact) mass is 260 g/mol. The van der Waals surface area contributed by atoms with Crippen molar-refractivity contribution in [1.29, 1.82) is 0 Å². The van der Waals surface area contributed by atoms with Gasteiger partial charge in [-0.2, -0.15) is 0 Å². The summed E-state index contributed by atoms with van der Waals surface area (Å²) in [6.45, 7) is 3.86. The predicted molar refractivity (Wildman–Crippen MR) is 72.7 cm³/mol. The van der Waals surface area contributed by atoms with Gasteiger partial charge in [-0.05, 0) is 48.9 Å². The fourth-order valence-electron chi connectivity index (χ4n) is 1.66. The molecule has 1 heterocycles. The van der Waals surface area contributed by atoms with Crippen molar-refractivity contribution in [2.45, 2.75) is 19.9 Å². The number of aromatic nitrogens is 1. The summed E-state index contributed by atoms with van der Waals surface area (Å²) in [6, 6.07) is 7.86. The fraction of sp³-hybridized carbons (Fsp3) is 0.267. The third-order valence-electron chi connectivity index (χ3n) is 2.58. The molecule has 0 aliphatic carbocycles. The highest BCUT2D eigenvalue weighted by Crippen LogP contribution is 2.21. The highest BCUT2D eigenvalue weighted by molar-refractivity contribution is 5.31. The van der Waals surface area contributed by atoms with Crippen LogP contribution >= 0.6 is 0 Å². The Labute approximate surface area is 112 Å². The molecular weight excluding hydrogens is 243 g/mol. The SMILES string of the molecule is CCCNCc1cncc(Oc2ccc(F)cc2)c1. The van der Waals surface area contributed by atoms with Crippen LogP contribution < -0.4 is 10.1 Å². The Morgan fingerprint density at radius 3 is 2.68 bits per heavy atom. The highest BCUT2D eigenvalue weighted by Gasteiger charge is 2.00. The number of halogens is 1. The van der Waals surface area contributed by atoms with Gasteiger partial charge in [0.15, 0.2) is 0 Å². The molecule has 0 saturated carbocycles. The predicted octanol–water partition coefficient (Wildman–Crippen LogP) is 3.51. The van der Waals surface area contributed by atoms with E-state index in [9.17, 15) is 4.39 Å². The molecule has 1 aromatic heterocycles. The van der Waals surface area contributed by atoms with Gasteiger partial charge >= 0.3 is 0 Å². The summed E-state index contributed by atoms with van der Waals surface area (Å²) in [5.74, 6) is 0.979. The summed E-state index contributed by atoms with van der Waals surface area (Å²) in [6.07, 6.45) is 4.55.